The van der Waals surface area contributed by atoms with Crippen LogP contribution in [0.4, 0.5) is 0 Å². The molecule has 1 aromatic rings. The van der Waals surface area contributed by atoms with E-state index in [-0.39, 0.29) is 5.78 Å². The first kappa shape index (κ1) is 13.4. The molecular weight excluding hydrogens is 272 g/mol. The van der Waals surface area contributed by atoms with Crippen LogP contribution in [-0.4, -0.2) is 29.3 Å². The first-order valence-corrected chi connectivity index (χ1v) is 6.09. The summed E-state index contributed by atoms with van der Waals surface area (Å²) >= 11 is 3.35. The van der Waals surface area contributed by atoms with Gasteiger partial charge in [0.05, 0.1) is 23.8 Å². The average molecular weight is 289 g/mol. The highest BCUT2D eigenvalue weighted by Crippen LogP contribution is 2.19. The van der Waals surface area contributed by atoms with E-state index in [0.29, 0.717) is 31.2 Å². The molecule has 0 radical (unpaired) electrons. The number of aromatic nitrogens is 2. The van der Waals surface area contributed by atoms with Crippen molar-refractivity contribution in [3.05, 3.63) is 16.4 Å². The standard InChI is InChI=1S/C11H17BrN2O2/c1-8(2)6-10(15)11-9(12)7-13-14(11)4-5-16-3/h7-8H,4-6H2,1-3H3. The average Bonchev–Trinajstić information content (AvgIpc) is 2.55. The number of hydrogen-bond donors (Lipinski definition) is 0. The first-order chi connectivity index (χ1) is 7.56. The molecule has 4 nitrogen and oxygen atoms in total. The fourth-order valence-corrected chi connectivity index (χ4v) is 1.97. The van der Waals surface area contributed by atoms with Crippen LogP contribution >= 0.6 is 15.9 Å². The van der Waals surface area contributed by atoms with Crippen LogP contribution in [0.5, 0.6) is 0 Å². The van der Waals surface area contributed by atoms with Crippen LogP contribution in [0.3, 0.4) is 0 Å². The normalized spacial score (nSPS) is 11.1. The molecule has 1 aromatic heterocycles. The Morgan fingerprint density at radius 3 is 2.88 bits per heavy atom. The van der Waals surface area contributed by atoms with E-state index in [1.807, 2.05) is 13.8 Å². The van der Waals surface area contributed by atoms with E-state index >= 15 is 0 Å². The molecule has 0 aliphatic carbocycles. The molecule has 0 bridgehead atoms. The van der Waals surface area contributed by atoms with Crippen molar-refractivity contribution >= 4 is 21.7 Å². The summed E-state index contributed by atoms with van der Waals surface area (Å²) in [6.07, 6.45) is 2.19. The Balaban J connectivity index is 2.84. The zero-order valence-electron chi connectivity index (χ0n) is 9.86. The molecule has 0 aliphatic rings. The van der Waals surface area contributed by atoms with Gasteiger partial charge in [-0.05, 0) is 21.8 Å². The Hall–Kier alpha value is -0.680. The van der Waals surface area contributed by atoms with Gasteiger partial charge in [-0.1, -0.05) is 13.8 Å². The van der Waals surface area contributed by atoms with Crippen molar-refractivity contribution in [2.24, 2.45) is 5.92 Å². The molecule has 0 N–H and O–H groups in total. The molecule has 0 aliphatic heterocycles. The van der Waals surface area contributed by atoms with Crippen LogP contribution in [0.2, 0.25) is 0 Å². The Morgan fingerprint density at radius 2 is 2.31 bits per heavy atom. The summed E-state index contributed by atoms with van der Waals surface area (Å²) in [7, 11) is 1.63. The third-order valence-corrected chi connectivity index (χ3v) is 2.74. The number of hydrogen-bond acceptors (Lipinski definition) is 3. The van der Waals surface area contributed by atoms with E-state index < -0.39 is 0 Å². The summed E-state index contributed by atoms with van der Waals surface area (Å²) < 4.78 is 7.43. The van der Waals surface area contributed by atoms with Gasteiger partial charge in [0.2, 0.25) is 0 Å². The van der Waals surface area contributed by atoms with E-state index in [0.717, 1.165) is 4.47 Å². The summed E-state index contributed by atoms with van der Waals surface area (Å²) in [5.41, 5.74) is 0.644. The van der Waals surface area contributed by atoms with Crippen molar-refractivity contribution in [2.75, 3.05) is 13.7 Å². The molecule has 0 fully saturated rings. The quantitative estimate of drug-likeness (QED) is 0.756. The maximum Gasteiger partial charge on any atom is 0.182 e. The van der Waals surface area contributed by atoms with E-state index in [1.165, 1.54) is 0 Å². The van der Waals surface area contributed by atoms with Gasteiger partial charge in [-0.3, -0.25) is 9.48 Å². The molecule has 0 saturated carbocycles. The summed E-state index contributed by atoms with van der Waals surface area (Å²) in [6, 6.07) is 0. The molecule has 1 heterocycles. The molecule has 0 unspecified atom stereocenters. The zero-order chi connectivity index (χ0) is 12.1. The van der Waals surface area contributed by atoms with Crippen molar-refractivity contribution in [2.45, 2.75) is 26.8 Å². The largest absolute Gasteiger partial charge is 0.383 e. The molecule has 1 rings (SSSR count). The second-order valence-electron chi connectivity index (χ2n) is 4.08. The molecule has 0 amide bonds. The number of methoxy groups -OCH3 is 1. The molecule has 0 aromatic carbocycles. The van der Waals surface area contributed by atoms with Gasteiger partial charge in [0.15, 0.2) is 5.78 Å². The van der Waals surface area contributed by atoms with Crippen LogP contribution in [0.25, 0.3) is 0 Å². The molecule has 0 spiro atoms. The number of Topliss-reactive ketones (excluding diaryl/α,β-unsaturated/α-hetero) is 1. The van der Waals surface area contributed by atoms with E-state index in [4.69, 9.17) is 4.74 Å². The summed E-state index contributed by atoms with van der Waals surface area (Å²) in [5, 5.41) is 4.15. The molecular formula is C11H17BrN2O2. The summed E-state index contributed by atoms with van der Waals surface area (Å²) in [6.45, 7) is 5.21. The van der Waals surface area contributed by atoms with Gasteiger partial charge in [0.25, 0.3) is 0 Å². The summed E-state index contributed by atoms with van der Waals surface area (Å²) in [5.74, 6) is 0.473. The predicted octanol–water partition coefficient (Wildman–Crippen LogP) is 2.52. The van der Waals surface area contributed by atoms with Crippen LogP contribution < -0.4 is 0 Å². The highest BCUT2D eigenvalue weighted by atomic mass is 79.9. The predicted molar refractivity (Wildman–Crippen MR) is 65.6 cm³/mol. The lowest BCUT2D eigenvalue weighted by atomic mass is 10.1. The third-order valence-electron chi connectivity index (χ3n) is 2.16. The third kappa shape index (κ3) is 3.42. The van der Waals surface area contributed by atoms with Crippen LogP contribution in [0.15, 0.2) is 10.7 Å². The van der Waals surface area contributed by atoms with Gasteiger partial charge in [-0.15, -0.1) is 0 Å². The smallest absolute Gasteiger partial charge is 0.182 e. The van der Waals surface area contributed by atoms with Crippen molar-refractivity contribution in [3.8, 4) is 0 Å². The van der Waals surface area contributed by atoms with Gasteiger partial charge in [-0.2, -0.15) is 5.10 Å². The minimum atomic E-state index is 0.121. The van der Waals surface area contributed by atoms with E-state index in [2.05, 4.69) is 21.0 Å². The number of ether oxygens (including phenoxy) is 1. The second kappa shape index (κ2) is 6.15. The topological polar surface area (TPSA) is 44.1 Å². The number of halogens is 1. The number of rotatable bonds is 6. The number of nitrogens with zero attached hydrogens (tertiary/aromatic N) is 2. The number of carbonyl (C=O) groups excluding carboxylic acids is 1. The van der Waals surface area contributed by atoms with Crippen molar-refractivity contribution in [1.82, 2.24) is 9.78 Å². The van der Waals surface area contributed by atoms with Gasteiger partial charge in [0, 0.05) is 13.5 Å². The fraction of sp³-hybridized carbons (Fsp3) is 0.636. The summed E-state index contributed by atoms with van der Waals surface area (Å²) in [4.78, 5) is 12.0. The monoisotopic (exact) mass is 288 g/mol. The second-order valence-corrected chi connectivity index (χ2v) is 4.93. The van der Waals surface area contributed by atoms with E-state index in [9.17, 15) is 4.79 Å². The molecule has 16 heavy (non-hydrogen) atoms. The van der Waals surface area contributed by atoms with Crippen molar-refractivity contribution in [1.29, 1.82) is 0 Å². The minimum Gasteiger partial charge on any atom is -0.383 e. The Kier molecular flexibility index (Phi) is 5.15. The number of carbonyl (C=O) groups is 1. The van der Waals surface area contributed by atoms with Gasteiger partial charge >= 0.3 is 0 Å². The van der Waals surface area contributed by atoms with Crippen LogP contribution in [-0.2, 0) is 11.3 Å². The molecule has 0 saturated heterocycles. The van der Waals surface area contributed by atoms with Gasteiger partial charge in [0.1, 0.15) is 5.69 Å². The molecule has 0 atom stereocenters. The van der Waals surface area contributed by atoms with Crippen LogP contribution in [0, 0.1) is 5.92 Å². The highest BCUT2D eigenvalue weighted by molar-refractivity contribution is 9.10. The lowest BCUT2D eigenvalue weighted by Gasteiger charge is -2.08. The lowest BCUT2D eigenvalue weighted by molar-refractivity contribution is 0.0953. The minimum absolute atomic E-state index is 0.121. The maximum atomic E-state index is 12.0. The molecule has 90 valence electrons. The van der Waals surface area contributed by atoms with Gasteiger partial charge < -0.3 is 4.74 Å². The van der Waals surface area contributed by atoms with E-state index in [1.54, 1.807) is 18.0 Å². The van der Waals surface area contributed by atoms with Crippen molar-refractivity contribution in [3.63, 3.8) is 0 Å². The zero-order valence-corrected chi connectivity index (χ0v) is 11.5. The maximum absolute atomic E-state index is 12.0. The Morgan fingerprint density at radius 1 is 1.62 bits per heavy atom. The van der Waals surface area contributed by atoms with Crippen molar-refractivity contribution < 1.29 is 9.53 Å². The first-order valence-electron chi connectivity index (χ1n) is 5.29. The van der Waals surface area contributed by atoms with Crippen LogP contribution in [0.1, 0.15) is 30.8 Å². The molecule has 5 heteroatoms. The highest BCUT2D eigenvalue weighted by Gasteiger charge is 2.17. The Bertz CT molecular complexity index is 361. The lowest BCUT2D eigenvalue weighted by Crippen LogP contribution is -2.15. The fourth-order valence-electron chi connectivity index (χ4n) is 1.45. The Labute approximate surface area is 104 Å². The number of ketones is 1. The SMILES string of the molecule is COCCn1ncc(Br)c1C(=O)CC(C)C. The van der Waals surface area contributed by atoms with Gasteiger partial charge in [-0.25, -0.2) is 0 Å².